The van der Waals surface area contributed by atoms with Gasteiger partial charge in [0.2, 0.25) is 0 Å². The lowest BCUT2D eigenvalue weighted by Crippen LogP contribution is -2.31. The summed E-state index contributed by atoms with van der Waals surface area (Å²) in [7, 11) is -3.75. The molecule has 1 aliphatic heterocycles. The summed E-state index contributed by atoms with van der Waals surface area (Å²) in [5.74, 6) is -0.208. The average molecular weight is 461 g/mol. The molecule has 0 radical (unpaired) electrons. The van der Waals surface area contributed by atoms with Crippen molar-refractivity contribution in [3.63, 3.8) is 0 Å². The topological polar surface area (TPSA) is 57.7 Å². The van der Waals surface area contributed by atoms with Crippen LogP contribution in [0, 0.1) is 0 Å². The van der Waals surface area contributed by atoms with E-state index in [2.05, 4.69) is 0 Å². The van der Waals surface area contributed by atoms with Crippen molar-refractivity contribution in [1.29, 1.82) is 0 Å². The molecule has 0 atom stereocenters. The molecular weight excluding hydrogens is 440 g/mol. The third-order valence-electron chi connectivity index (χ3n) is 5.16. The maximum atomic E-state index is 13.3. The van der Waals surface area contributed by atoms with Gasteiger partial charge in [0.15, 0.2) is 0 Å². The molecule has 0 aliphatic carbocycles. The van der Waals surface area contributed by atoms with Crippen LogP contribution >= 0.6 is 22.9 Å². The number of thiophene rings is 1. The second-order valence-corrected chi connectivity index (χ2v) is 10.7. The first-order chi connectivity index (χ1) is 14.4. The Hall–Kier alpha value is -2.35. The number of halogens is 1. The number of benzene rings is 2. The Bertz CT molecular complexity index is 1190. The van der Waals surface area contributed by atoms with E-state index in [0.29, 0.717) is 41.6 Å². The number of fused-ring (bicyclic) bond motifs is 1. The fourth-order valence-electron chi connectivity index (χ4n) is 3.61. The summed E-state index contributed by atoms with van der Waals surface area (Å²) in [6.45, 7) is 3.24. The Morgan fingerprint density at radius 1 is 1.13 bits per heavy atom. The van der Waals surface area contributed by atoms with Crippen LogP contribution in [0.15, 0.2) is 65.6 Å². The molecule has 1 aliphatic rings. The summed E-state index contributed by atoms with van der Waals surface area (Å²) < 4.78 is 28.7. The van der Waals surface area contributed by atoms with E-state index in [1.54, 1.807) is 29.2 Å². The summed E-state index contributed by atoms with van der Waals surface area (Å²) in [6, 6.07) is 17.5. The maximum absolute atomic E-state index is 13.3. The zero-order valence-electron chi connectivity index (χ0n) is 16.4. The predicted octanol–water partition coefficient (Wildman–Crippen LogP) is 4.82. The van der Waals surface area contributed by atoms with Crippen molar-refractivity contribution in [3.05, 3.63) is 81.0 Å². The number of para-hydroxylation sites is 1. The van der Waals surface area contributed by atoms with Crippen molar-refractivity contribution >= 4 is 44.6 Å². The van der Waals surface area contributed by atoms with Gasteiger partial charge in [-0.05, 0) is 55.3 Å². The summed E-state index contributed by atoms with van der Waals surface area (Å²) in [6.07, 6.45) is 0.682. The Morgan fingerprint density at radius 2 is 1.93 bits per heavy atom. The molecule has 0 unspecified atom stereocenters. The van der Waals surface area contributed by atoms with Crippen molar-refractivity contribution in [2.24, 2.45) is 0 Å². The molecule has 2 heterocycles. The Morgan fingerprint density at radius 3 is 2.67 bits per heavy atom. The van der Waals surface area contributed by atoms with Gasteiger partial charge in [0.25, 0.3) is 15.9 Å². The number of nitrogens with zero attached hydrogens (tertiary/aromatic N) is 2. The van der Waals surface area contributed by atoms with Crippen LogP contribution < -0.4 is 4.31 Å². The summed E-state index contributed by atoms with van der Waals surface area (Å²) >= 11 is 7.43. The van der Waals surface area contributed by atoms with E-state index in [9.17, 15) is 13.2 Å². The summed E-state index contributed by atoms with van der Waals surface area (Å²) in [4.78, 5) is 15.9. The van der Waals surface area contributed by atoms with Gasteiger partial charge in [-0.1, -0.05) is 35.9 Å². The van der Waals surface area contributed by atoms with Gasteiger partial charge in [-0.3, -0.25) is 9.10 Å². The highest BCUT2D eigenvalue weighted by atomic mass is 35.5. The van der Waals surface area contributed by atoms with Gasteiger partial charge in [-0.2, -0.15) is 0 Å². The van der Waals surface area contributed by atoms with Crippen LogP contribution in [0.4, 0.5) is 5.69 Å². The minimum Gasteiger partial charge on any atom is -0.334 e. The number of hydrogen-bond donors (Lipinski definition) is 0. The number of sulfonamides is 1. The van der Waals surface area contributed by atoms with E-state index in [0.717, 1.165) is 10.4 Å². The van der Waals surface area contributed by atoms with Gasteiger partial charge in [0.1, 0.15) is 0 Å². The molecule has 30 heavy (non-hydrogen) atoms. The normalized spacial score (nSPS) is 13.3. The van der Waals surface area contributed by atoms with Gasteiger partial charge in [0, 0.05) is 23.5 Å². The molecule has 1 amide bonds. The van der Waals surface area contributed by atoms with E-state index in [1.807, 2.05) is 37.3 Å². The molecule has 1 aromatic heterocycles. The minimum absolute atomic E-state index is 0.125. The average Bonchev–Trinajstić information content (AvgIpc) is 3.38. The van der Waals surface area contributed by atoms with Crippen molar-refractivity contribution in [2.75, 3.05) is 17.4 Å². The Balaban J connectivity index is 1.61. The molecule has 3 aromatic rings. The number of hydrogen-bond acceptors (Lipinski definition) is 4. The smallest absolute Gasteiger partial charge is 0.264 e. The van der Waals surface area contributed by atoms with Gasteiger partial charge < -0.3 is 4.90 Å². The standard InChI is InChI=1S/C22H21ClN2O3S2/c1-2-24(15-18-10-11-21(23)29-18)22(26)17-7-5-8-19(14-17)30(27,28)25-13-12-16-6-3-4-9-20(16)25/h3-11,14H,2,12-13,15H2,1H3. The van der Waals surface area contributed by atoms with Crippen molar-refractivity contribution in [1.82, 2.24) is 4.90 Å². The molecule has 2 aromatic carbocycles. The molecule has 0 N–H and O–H groups in total. The van der Waals surface area contributed by atoms with Crippen LogP contribution in [0.5, 0.6) is 0 Å². The first-order valence-corrected chi connectivity index (χ1v) is 12.3. The van der Waals surface area contributed by atoms with Crippen LogP contribution in [0.1, 0.15) is 27.7 Å². The van der Waals surface area contributed by atoms with Crippen LogP contribution in [0.2, 0.25) is 4.34 Å². The minimum atomic E-state index is -3.75. The summed E-state index contributed by atoms with van der Waals surface area (Å²) in [5, 5.41) is 0. The number of amides is 1. The monoisotopic (exact) mass is 460 g/mol. The van der Waals surface area contributed by atoms with E-state index in [4.69, 9.17) is 11.6 Å². The molecular formula is C22H21ClN2O3S2. The number of rotatable bonds is 6. The third kappa shape index (κ3) is 3.97. The van der Waals surface area contributed by atoms with Crippen LogP contribution in [-0.2, 0) is 23.0 Å². The van der Waals surface area contributed by atoms with Crippen LogP contribution in [0.3, 0.4) is 0 Å². The van der Waals surface area contributed by atoms with E-state index >= 15 is 0 Å². The van der Waals surface area contributed by atoms with Gasteiger partial charge >= 0.3 is 0 Å². The quantitative estimate of drug-likeness (QED) is 0.530. The lowest BCUT2D eigenvalue weighted by molar-refractivity contribution is 0.0754. The third-order valence-corrected chi connectivity index (χ3v) is 8.18. The van der Waals surface area contributed by atoms with E-state index in [-0.39, 0.29) is 10.8 Å². The van der Waals surface area contributed by atoms with Crippen molar-refractivity contribution < 1.29 is 13.2 Å². The summed E-state index contributed by atoms with van der Waals surface area (Å²) in [5.41, 5.74) is 2.08. The molecule has 0 fully saturated rings. The lowest BCUT2D eigenvalue weighted by atomic mass is 10.2. The van der Waals surface area contributed by atoms with Gasteiger partial charge in [-0.25, -0.2) is 8.42 Å². The second kappa shape index (κ2) is 8.41. The van der Waals surface area contributed by atoms with Crippen molar-refractivity contribution in [3.8, 4) is 0 Å². The van der Waals surface area contributed by atoms with Crippen molar-refractivity contribution in [2.45, 2.75) is 24.8 Å². The molecule has 0 spiro atoms. The highest BCUT2D eigenvalue weighted by Crippen LogP contribution is 2.33. The second-order valence-electron chi connectivity index (χ2n) is 7.01. The highest BCUT2D eigenvalue weighted by Gasteiger charge is 2.31. The fraction of sp³-hybridized carbons (Fsp3) is 0.227. The van der Waals surface area contributed by atoms with Crippen LogP contribution in [-0.4, -0.2) is 32.3 Å². The van der Waals surface area contributed by atoms with Gasteiger partial charge in [-0.15, -0.1) is 11.3 Å². The largest absolute Gasteiger partial charge is 0.334 e. The molecule has 8 heteroatoms. The molecule has 0 bridgehead atoms. The molecule has 0 saturated heterocycles. The van der Waals surface area contributed by atoms with Gasteiger partial charge in [0.05, 0.1) is 21.5 Å². The number of carbonyl (C=O) groups excluding carboxylic acids is 1. The van der Waals surface area contributed by atoms with E-state index < -0.39 is 10.0 Å². The number of carbonyl (C=O) groups is 1. The number of anilines is 1. The first-order valence-electron chi connectivity index (χ1n) is 9.64. The zero-order valence-corrected chi connectivity index (χ0v) is 18.8. The fourth-order valence-corrected chi connectivity index (χ4v) is 6.26. The molecule has 156 valence electrons. The molecule has 0 saturated carbocycles. The highest BCUT2D eigenvalue weighted by molar-refractivity contribution is 7.92. The molecule has 5 nitrogen and oxygen atoms in total. The van der Waals surface area contributed by atoms with Crippen LogP contribution in [0.25, 0.3) is 0 Å². The lowest BCUT2D eigenvalue weighted by Gasteiger charge is -2.22. The maximum Gasteiger partial charge on any atom is 0.264 e. The first kappa shape index (κ1) is 20.9. The van der Waals surface area contributed by atoms with E-state index in [1.165, 1.54) is 21.7 Å². The molecule has 4 rings (SSSR count). The Labute approximate surface area is 185 Å². The Kier molecular flexibility index (Phi) is 5.86. The predicted molar refractivity (Wildman–Crippen MR) is 121 cm³/mol. The zero-order chi connectivity index (χ0) is 21.3. The SMILES string of the molecule is CCN(Cc1ccc(Cl)s1)C(=O)c1cccc(S(=O)(=O)N2CCc3ccccc32)c1.